The third-order valence-corrected chi connectivity index (χ3v) is 3.22. The lowest BCUT2D eigenvalue weighted by Gasteiger charge is -2.26. The van der Waals surface area contributed by atoms with Crippen LogP contribution in [0.25, 0.3) is 0 Å². The van der Waals surface area contributed by atoms with Crippen LogP contribution in [0.3, 0.4) is 0 Å². The molecule has 1 aromatic carbocycles. The van der Waals surface area contributed by atoms with Crippen molar-refractivity contribution in [2.24, 2.45) is 11.3 Å². The van der Waals surface area contributed by atoms with Gasteiger partial charge < -0.3 is 9.84 Å². The van der Waals surface area contributed by atoms with E-state index in [4.69, 9.17) is 4.74 Å². The van der Waals surface area contributed by atoms with E-state index < -0.39 is 0 Å². The molecule has 0 radical (unpaired) electrons. The Balaban J connectivity index is 2.20. The Morgan fingerprint density at radius 1 is 1.21 bits per heavy atom. The summed E-state index contributed by atoms with van der Waals surface area (Å²) in [6, 6.07) is 10.2. The number of rotatable bonds is 7. The van der Waals surface area contributed by atoms with Crippen LogP contribution in [0.1, 0.15) is 32.8 Å². The molecule has 1 N–H and O–H groups in total. The van der Waals surface area contributed by atoms with Gasteiger partial charge in [0.05, 0.1) is 13.2 Å². The molecule has 0 aromatic heterocycles. The molecule has 2 heteroatoms. The summed E-state index contributed by atoms with van der Waals surface area (Å²) >= 11 is 0. The standard InChI is InChI=1S/C17H26O2/c1-17(2,3)16(13-18)11-7-8-12-19-14-15-9-5-4-6-10-15/h4-7,9-11,16,18H,8,12-14H2,1-3H3/b11-7-. The fourth-order valence-electron chi connectivity index (χ4n) is 1.80. The summed E-state index contributed by atoms with van der Waals surface area (Å²) in [5.41, 5.74) is 1.31. The lowest BCUT2D eigenvalue weighted by Crippen LogP contribution is -2.21. The molecule has 0 fully saturated rings. The highest BCUT2D eigenvalue weighted by Crippen LogP contribution is 2.26. The van der Waals surface area contributed by atoms with Crippen LogP contribution in [0, 0.1) is 11.3 Å². The van der Waals surface area contributed by atoms with Crippen LogP contribution < -0.4 is 0 Å². The zero-order valence-corrected chi connectivity index (χ0v) is 12.3. The molecule has 2 nitrogen and oxygen atoms in total. The molecule has 0 aliphatic carbocycles. The fourth-order valence-corrected chi connectivity index (χ4v) is 1.80. The van der Waals surface area contributed by atoms with E-state index in [1.165, 1.54) is 5.56 Å². The van der Waals surface area contributed by atoms with Gasteiger partial charge in [-0.25, -0.2) is 0 Å². The molecule has 0 aliphatic heterocycles. The second-order valence-corrected chi connectivity index (χ2v) is 5.91. The Kier molecular flexibility index (Phi) is 6.82. The van der Waals surface area contributed by atoms with Gasteiger partial charge in [-0.2, -0.15) is 0 Å². The van der Waals surface area contributed by atoms with Crippen LogP contribution in [0.2, 0.25) is 0 Å². The highest BCUT2D eigenvalue weighted by atomic mass is 16.5. The van der Waals surface area contributed by atoms with Crippen molar-refractivity contribution in [1.29, 1.82) is 0 Å². The molecule has 0 heterocycles. The summed E-state index contributed by atoms with van der Waals surface area (Å²) in [6.45, 7) is 8.01. The highest BCUT2D eigenvalue weighted by molar-refractivity contribution is 5.13. The molecule has 1 aromatic rings. The minimum Gasteiger partial charge on any atom is -0.396 e. The zero-order valence-electron chi connectivity index (χ0n) is 12.3. The first kappa shape index (κ1) is 15.9. The minimum absolute atomic E-state index is 0.107. The van der Waals surface area contributed by atoms with E-state index in [0.29, 0.717) is 13.2 Å². The molecule has 0 aliphatic rings. The van der Waals surface area contributed by atoms with E-state index in [1.807, 2.05) is 18.2 Å². The maximum absolute atomic E-state index is 9.33. The van der Waals surface area contributed by atoms with Crippen molar-refractivity contribution in [3.63, 3.8) is 0 Å². The van der Waals surface area contributed by atoms with Gasteiger partial charge in [0.1, 0.15) is 0 Å². The van der Waals surface area contributed by atoms with Crippen molar-refractivity contribution in [2.45, 2.75) is 33.8 Å². The second-order valence-electron chi connectivity index (χ2n) is 5.91. The Morgan fingerprint density at radius 3 is 2.47 bits per heavy atom. The quantitative estimate of drug-likeness (QED) is 0.598. The van der Waals surface area contributed by atoms with Crippen LogP contribution in [-0.4, -0.2) is 18.3 Å². The van der Waals surface area contributed by atoms with Crippen LogP contribution in [-0.2, 0) is 11.3 Å². The summed E-state index contributed by atoms with van der Waals surface area (Å²) < 4.78 is 5.61. The molecule has 0 bridgehead atoms. The van der Waals surface area contributed by atoms with Gasteiger partial charge in [-0.05, 0) is 17.4 Å². The van der Waals surface area contributed by atoms with E-state index in [9.17, 15) is 5.11 Å². The van der Waals surface area contributed by atoms with E-state index in [2.05, 4.69) is 45.1 Å². The van der Waals surface area contributed by atoms with E-state index in [-0.39, 0.29) is 17.9 Å². The van der Waals surface area contributed by atoms with Crippen molar-refractivity contribution in [1.82, 2.24) is 0 Å². The molecule has 1 rings (SSSR count). The Bertz CT molecular complexity index is 363. The van der Waals surface area contributed by atoms with Gasteiger partial charge in [0, 0.05) is 12.5 Å². The van der Waals surface area contributed by atoms with E-state index in [1.54, 1.807) is 0 Å². The van der Waals surface area contributed by atoms with Crippen LogP contribution in [0.5, 0.6) is 0 Å². The predicted molar refractivity (Wildman–Crippen MR) is 79.9 cm³/mol. The lowest BCUT2D eigenvalue weighted by atomic mass is 9.81. The first-order valence-corrected chi connectivity index (χ1v) is 6.93. The third-order valence-electron chi connectivity index (χ3n) is 3.22. The summed E-state index contributed by atoms with van der Waals surface area (Å²) in [5.74, 6) is 0.210. The largest absolute Gasteiger partial charge is 0.396 e. The maximum Gasteiger partial charge on any atom is 0.0717 e. The van der Waals surface area contributed by atoms with E-state index >= 15 is 0 Å². The van der Waals surface area contributed by atoms with Crippen molar-refractivity contribution in [2.75, 3.05) is 13.2 Å². The molecule has 106 valence electrons. The van der Waals surface area contributed by atoms with Crippen molar-refractivity contribution in [3.05, 3.63) is 48.0 Å². The van der Waals surface area contributed by atoms with E-state index in [0.717, 1.165) is 6.42 Å². The monoisotopic (exact) mass is 262 g/mol. The number of hydrogen-bond donors (Lipinski definition) is 1. The molecule has 1 unspecified atom stereocenters. The normalized spacial score (nSPS) is 13.9. The molecular formula is C17H26O2. The van der Waals surface area contributed by atoms with Crippen molar-refractivity contribution < 1.29 is 9.84 Å². The minimum atomic E-state index is 0.107. The average Bonchev–Trinajstić information content (AvgIpc) is 2.37. The summed E-state index contributed by atoms with van der Waals surface area (Å²) in [7, 11) is 0. The average molecular weight is 262 g/mol. The number of aliphatic hydroxyl groups is 1. The van der Waals surface area contributed by atoms with Crippen molar-refractivity contribution >= 4 is 0 Å². The van der Waals surface area contributed by atoms with Gasteiger partial charge >= 0.3 is 0 Å². The molecule has 1 atom stereocenters. The number of aliphatic hydroxyl groups excluding tert-OH is 1. The molecule has 19 heavy (non-hydrogen) atoms. The number of hydrogen-bond acceptors (Lipinski definition) is 2. The van der Waals surface area contributed by atoms with Gasteiger partial charge in [0.2, 0.25) is 0 Å². The van der Waals surface area contributed by atoms with Gasteiger partial charge in [-0.1, -0.05) is 63.3 Å². The highest BCUT2D eigenvalue weighted by Gasteiger charge is 2.20. The smallest absolute Gasteiger partial charge is 0.0717 e. The lowest BCUT2D eigenvalue weighted by molar-refractivity contribution is 0.124. The van der Waals surface area contributed by atoms with Crippen molar-refractivity contribution in [3.8, 4) is 0 Å². The summed E-state index contributed by atoms with van der Waals surface area (Å²) in [4.78, 5) is 0. The number of benzene rings is 1. The molecule has 0 spiro atoms. The fraction of sp³-hybridized carbons (Fsp3) is 0.529. The second kappa shape index (κ2) is 8.13. The first-order chi connectivity index (χ1) is 9.04. The topological polar surface area (TPSA) is 29.5 Å². The molecule has 0 saturated heterocycles. The summed E-state index contributed by atoms with van der Waals surface area (Å²) in [6.07, 6.45) is 5.10. The molecular weight excluding hydrogens is 236 g/mol. The SMILES string of the molecule is CC(C)(C)C(/C=C\CCOCc1ccccc1)CO. The van der Waals surface area contributed by atoms with Gasteiger partial charge in [-0.15, -0.1) is 0 Å². The zero-order chi connectivity index (χ0) is 14.1. The Hall–Kier alpha value is -1.12. The predicted octanol–water partition coefficient (Wildman–Crippen LogP) is 3.80. The van der Waals surface area contributed by atoms with Gasteiger partial charge in [-0.3, -0.25) is 0 Å². The van der Waals surface area contributed by atoms with Crippen LogP contribution >= 0.6 is 0 Å². The van der Waals surface area contributed by atoms with Gasteiger partial charge in [0.25, 0.3) is 0 Å². The molecule has 0 amide bonds. The van der Waals surface area contributed by atoms with Crippen LogP contribution in [0.4, 0.5) is 0 Å². The summed E-state index contributed by atoms with van der Waals surface area (Å²) in [5, 5.41) is 9.33. The Labute approximate surface area is 117 Å². The third kappa shape index (κ3) is 6.55. The maximum atomic E-state index is 9.33. The Morgan fingerprint density at radius 2 is 1.89 bits per heavy atom. The van der Waals surface area contributed by atoms with Crippen LogP contribution in [0.15, 0.2) is 42.5 Å². The first-order valence-electron chi connectivity index (χ1n) is 6.93. The number of ether oxygens (including phenoxy) is 1. The van der Waals surface area contributed by atoms with Gasteiger partial charge in [0.15, 0.2) is 0 Å². The molecule has 0 saturated carbocycles.